The smallest absolute Gasteiger partial charge is 0.174 e. The maximum atomic E-state index is 9.78. The molecule has 23 heavy (non-hydrogen) atoms. The third kappa shape index (κ3) is 1.78. The van der Waals surface area contributed by atoms with E-state index in [1.165, 1.54) is 36.8 Å². The lowest BCUT2D eigenvalue weighted by Crippen LogP contribution is -2.51. The fraction of sp³-hybridized carbons (Fsp3) is 0.700. The first kappa shape index (κ1) is 14.3. The second-order valence-corrected chi connectivity index (χ2v) is 8.24. The average molecular weight is 314 g/mol. The Morgan fingerprint density at radius 2 is 1.91 bits per heavy atom. The van der Waals surface area contributed by atoms with E-state index in [-0.39, 0.29) is 11.2 Å². The molecule has 3 aliphatic carbocycles. The van der Waals surface area contributed by atoms with Gasteiger partial charge in [-0.25, -0.2) is 0 Å². The number of phenolic OH excluding ortho intramolecular Hbond substituents is 1. The molecule has 3 fully saturated rings. The third-order valence-corrected chi connectivity index (χ3v) is 7.51. The van der Waals surface area contributed by atoms with Crippen molar-refractivity contribution in [3.8, 4) is 5.75 Å². The Kier molecular flexibility index (Phi) is 2.94. The SMILES string of the molecule is C[C@]12CC[C@H]3c4ccc(O)cc4CC[C@H]3[C@H]1CCC21OCCO1. The molecule has 1 saturated heterocycles. The van der Waals surface area contributed by atoms with Crippen LogP contribution in [0.5, 0.6) is 5.75 Å². The molecule has 0 amide bonds. The molecular weight excluding hydrogens is 288 g/mol. The van der Waals surface area contributed by atoms with E-state index in [9.17, 15) is 5.11 Å². The maximum absolute atomic E-state index is 9.78. The van der Waals surface area contributed by atoms with Crippen LogP contribution in [0.2, 0.25) is 0 Å². The summed E-state index contributed by atoms with van der Waals surface area (Å²) < 4.78 is 12.4. The number of aryl methyl sites for hydroxylation is 1. The van der Waals surface area contributed by atoms with Crippen LogP contribution < -0.4 is 0 Å². The first-order valence-electron chi connectivity index (χ1n) is 9.23. The summed E-state index contributed by atoms with van der Waals surface area (Å²) in [5.41, 5.74) is 3.05. The Morgan fingerprint density at radius 1 is 1.09 bits per heavy atom. The van der Waals surface area contributed by atoms with Crippen LogP contribution in [-0.2, 0) is 15.9 Å². The molecule has 0 bridgehead atoms. The van der Waals surface area contributed by atoms with Gasteiger partial charge < -0.3 is 14.6 Å². The van der Waals surface area contributed by atoms with Crippen LogP contribution in [0.1, 0.15) is 56.1 Å². The van der Waals surface area contributed by atoms with Gasteiger partial charge in [-0.1, -0.05) is 13.0 Å². The topological polar surface area (TPSA) is 38.7 Å². The van der Waals surface area contributed by atoms with Crippen molar-refractivity contribution in [2.24, 2.45) is 17.3 Å². The van der Waals surface area contributed by atoms with Gasteiger partial charge in [-0.3, -0.25) is 0 Å². The van der Waals surface area contributed by atoms with E-state index in [0.29, 0.717) is 17.6 Å². The summed E-state index contributed by atoms with van der Waals surface area (Å²) >= 11 is 0. The van der Waals surface area contributed by atoms with Crippen molar-refractivity contribution in [3.63, 3.8) is 0 Å². The molecule has 1 heterocycles. The van der Waals surface area contributed by atoms with Crippen LogP contribution >= 0.6 is 0 Å². The van der Waals surface area contributed by atoms with Crippen LogP contribution in [0.3, 0.4) is 0 Å². The number of fused-ring (bicyclic) bond motifs is 6. The highest BCUT2D eigenvalue weighted by Crippen LogP contribution is 2.66. The molecule has 0 radical (unpaired) electrons. The normalized spacial score (nSPS) is 40.7. The van der Waals surface area contributed by atoms with Crippen molar-refractivity contribution in [3.05, 3.63) is 29.3 Å². The van der Waals surface area contributed by atoms with E-state index in [0.717, 1.165) is 32.0 Å². The number of rotatable bonds is 0. The Labute approximate surface area is 138 Å². The molecule has 1 spiro atoms. The second-order valence-electron chi connectivity index (χ2n) is 8.24. The Bertz CT molecular complexity index is 634. The molecule has 124 valence electrons. The van der Waals surface area contributed by atoms with Gasteiger partial charge in [0.05, 0.1) is 13.2 Å². The van der Waals surface area contributed by atoms with Crippen molar-refractivity contribution in [1.82, 2.24) is 0 Å². The standard InChI is InChI=1S/C20H26O3/c1-19-8-6-16-15-5-3-14(21)12-13(15)2-4-17(16)18(19)7-9-20(19)22-10-11-23-20/h3,5,12,16-18,21H,2,4,6-11H2,1H3/t16-,17+,18+,19-/m0/s1. The highest BCUT2D eigenvalue weighted by molar-refractivity contribution is 5.40. The van der Waals surface area contributed by atoms with E-state index in [2.05, 4.69) is 13.0 Å². The van der Waals surface area contributed by atoms with Gasteiger partial charge in [0.1, 0.15) is 5.75 Å². The summed E-state index contributed by atoms with van der Waals surface area (Å²) in [6, 6.07) is 6.03. The zero-order valence-electron chi connectivity index (χ0n) is 13.9. The van der Waals surface area contributed by atoms with Crippen LogP contribution in [0.4, 0.5) is 0 Å². The summed E-state index contributed by atoms with van der Waals surface area (Å²) in [6.45, 7) is 3.95. The lowest BCUT2D eigenvalue weighted by molar-refractivity contribution is -0.237. The van der Waals surface area contributed by atoms with E-state index >= 15 is 0 Å². The largest absolute Gasteiger partial charge is 0.508 e. The first-order valence-corrected chi connectivity index (χ1v) is 9.23. The van der Waals surface area contributed by atoms with Gasteiger partial charge in [-0.15, -0.1) is 0 Å². The van der Waals surface area contributed by atoms with Crippen molar-refractivity contribution in [1.29, 1.82) is 0 Å². The van der Waals surface area contributed by atoms with Crippen LogP contribution in [0.25, 0.3) is 0 Å². The minimum Gasteiger partial charge on any atom is -0.508 e. The number of phenols is 1. The summed E-state index contributed by atoms with van der Waals surface area (Å²) in [7, 11) is 0. The third-order valence-electron chi connectivity index (χ3n) is 7.51. The predicted octanol–water partition coefficient (Wildman–Crippen LogP) is 3.99. The van der Waals surface area contributed by atoms with E-state index in [4.69, 9.17) is 9.47 Å². The number of hydrogen-bond acceptors (Lipinski definition) is 3. The first-order chi connectivity index (χ1) is 11.1. The number of benzene rings is 1. The lowest BCUT2D eigenvalue weighted by atomic mass is 9.55. The summed E-state index contributed by atoms with van der Waals surface area (Å²) in [5, 5.41) is 9.78. The predicted molar refractivity (Wildman–Crippen MR) is 87.4 cm³/mol. The minimum atomic E-state index is -0.294. The van der Waals surface area contributed by atoms with Gasteiger partial charge >= 0.3 is 0 Å². The molecule has 5 rings (SSSR count). The minimum absolute atomic E-state index is 0.180. The monoisotopic (exact) mass is 314 g/mol. The molecule has 0 aromatic heterocycles. The fourth-order valence-electron chi connectivity index (χ4n) is 6.45. The molecule has 3 nitrogen and oxygen atoms in total. The lowest BCUT2D eigenvalue weighted by Gasteiger charge is -2.52. The fourth-order valence-corrected chi connectivity index (χ4v) is 6.45. The maximum Gasteiger partial charge on any atom is 0.174 e. The van der Waals surface area contributed by atoms with Gasteiger partial charge in [0.2, 0.25) is 0 Å². The highest BCUT2D eigenvalue weighted by atomic mass is 16.7. The number of hydrogen-bond donors (Lipinski definition) is 1. The van der Waals surface area contributed by atoms with Crippen LogP contribution in [0.15, 0.2) is 18.2 Å². The Balaban J connectivity index is 1.51. The van der Waals surface area contributed by atoms with E-state index < -0.39 is 0 Å². The number of aromatic hydroxyl groups is 1. The van der Waals surface area contributed by atoms with Crippen molar-refractivity contribution >= 4 is 0 Å². The van der Waals surface area contributed by atoms with Crippen molar-refractivity contribution < 1.29 is 14.6 Å². The molecule has 1 N–H and O–H groups in total. The second kappa shape index (κ2) is 4.73. The molecule has 1 aromatic rings. The van der Waals surface area contributed by atoms with Gasteiger partial charge in [0.15, 0.2) is 5.79 Å². The van der Waals surface area contributed by atoms with Gasteiger partial charge in [0, 0.05) is 11.8 Å². The average Bonchev–Trinajstić information content (AvgIpc) is 3.14. The zero-order chi connectivity index (χ0) is 15.7. The van der Waals surface area contributed by atoms with Gasteiger partial charge in [0.25, 0.3) is 0 Å². The molecule has 1 aromatic carbocycles. The quantitative estimate of drug-likeness (QED) is 0.787. The highest BCUT2D eigenvalue weighted by Gasteiger charge is 2.64. The van der Waals surface area contributed by atoms with Crippen LogP contribution in [0, 0.1) is 17.3 Å². The summed E-state index contributed by atoms with van der Waals surface area (Å²) in [4.78, 5) is 0. The molecule has 4 aliphatic rings. The van der Waals surface area contributed by atoms with Crippen molar-refractivity contribution in [2.75, 3.05) is 13.2 Å². The molecule has 0 unspecified atom stereocenters. The van der Waals surface area contributed by atoms with E-state index in [1.807, 2.05) is 12.1 Å². The molecular formula is C20H26O3. The zero-order valence-corrected chi connectivity index (χ0v) is 13.9. The van der Waals surface area contributed by atoms with Crippen LogP contribution in [-0.4, -0.2) is 24.1 Å². The van der Waals surface area contributed by atoms with Gasteiger partial charge in [-0.2, -0.15) is 0 Å². The number of ether oxygens (including phenoxy) is 2. The summed E-state index contributed by atoms with van der Waals surface area (Å²) in [6.07, 6.45) is 7.08. The Morgan fingerprint density at radius 3 is 2.74 bits per heavy atom. The molecule has 3 heteroatoms. The Hall–Kier alpha value is -1.06. The molecule has 4 atom stereocenters. The van der Waals surface area contributed by atoms with Crippen molar-refractivity contribution in [2.45, 2.75) is 57.2 Å². The van der Waals surface area contributed by atoms with E-state index in [1.54, 1.807) is 0 Å². The van der Waals surface area contributed by atoms with Gasteiger partial charge in [-0.05, 0) is 73.1 Å². The molecule has 2 saturated carbocycles. The molecule has 1 aliphatic heterocycles. The summed E-state index contributed by atoms with van der Waals surface area (Å²) in [5.74, 6) is 2.24.